The summed E-state index contributed by atoms with van der Waals surface area (Å²) in [7, 11) is 0. The van der Waals surface area contributed by atoms with E-state index in [1.807, 2.05) is 18.2 Å². The quantitative estimate of drug-likeness (QED) is 0.193. The van der Waals surface area contributed by atoms with Gasteiger partial charge in [0.25, 0.3) is 0 Å². The van der Waals surface area contributed by atoms with E-state index in [0.29, 0.717) is 4.83 Å². The monoisotopic (exact) mass is 530 g/mol. The van der Waals surface area contributed by atoms with Gasteiger partial charge in [0.05, 0.1) is 17.7 Å². The van der Waals surface area contributed by atoms with Crippen molar-refractivity contribution >= 4 is 31.9 Å². The van der Waals surface area contributed by atoms with Crippen molar-refractivity contribution in [3.63, 3.8) is 0 Å². The topological polar surface area (TPSA) is 18.5 Å². The lowest BCUT2D eigenvalue weighted by molar-refractivity contribution is 0.307. The Morgan fingerprint density at radius 2 is 1.33 bits per heavy atom. The molecule has 4 heteroatoms. The van der Waals surface area contributed by atoms with Crippen molar-refractivity contribution in [2.75, 3.05) is 13.2 Å². The van der Waals surface area contributed by atoms with Crippen LogP contribution >= 0.6 is 31.9 Å². The van der Waals surface area contributed by atoms with Gasteiger partial charge in [0, 0.05) is 4.83 Å². The molecule has 0 aliphatic carbocycles. The van der Waals surface area contributed by atoms with E-state index in [1.54, 1.807) is 0 Å². The molecule has 0 fully saturated rings. The van der Waals surface area contributed by atoms with Crippen LogP contribution in [0.2, 0.25) is 0 Å². The SMILES string of the molecule is CCCCOc1ccc(-c2ccc(-c3ccc(OCCC(C)Br)cc3)cc2)cc1Br. The second-order valence-electron chi connectivity index (χ2n) is 7.37. The highest BCUT2D eigenvalue weighted by Crippen LogP contribution is 2.32. The molecule has 0 aliphatic rings. The molecule has 3 rings (SSSR count). The maximum atomic E-state index is 5.83. The Kier molecular flexibility index (Phi) is 8.83. The number of rotatable bonds is 10. The van der Waals surface area contributed by atoms with Crippen LogP contribution in [0.5, 0.6) is 11.5 Å². The van der Waals surface area contributed by atoms with Crippen LogP contribution in [0, 0.1) is 0 Å². The van der Waals surface area contributed by atoms with Crippen molar-refractivity contribution in [1.82, 2.24) is 0 Å². The van der Waals surface area contributed by atoms with E-state index < -0.39 is 0 Å². The van der Waals surface area contributed by atoms with E-state index in [-0.39, 0.29) is 0 Å². The number of benzene rings is 3. The maximum Gasteiger partial charge on any atom is 0.133 e. The van der Waals surface area contributed by atoms with Gasteiger partial charge in [-0.15, -0.1) is 0 Å². The van der Waals surface area contributed by atoms with Gasteiger partial charge in [-0.2, -0.15) is 0 Å². The lowest BCUT2D eigenvalue weighted by Crippen LogP contribution is -2.02. The number of alkyl halides is 1. The summed E-state index contributed by atoms with van der Waals surface area (Å²) < 4.78 is 12.6. The molecule has 1 unspecified atom stereocenters. The third-order valence-corrected chi connectivity index (χ3v) is 5.96. The molecule has 0 heterocycles. The van der Waals surface area contributed by atoms with Crippen LogP contribution in [-0.2, 0) is 0 Å². The summed E-state index contributed by atoms with van der Waals surface area (Å²) in [5.74, 6) is 1.81. The predicted molar refractivity (Wildman–Crippen MR) is 134 cm³/mol. The molecular weight excluding hydrogens is 504 g/mol. The van der Waals surface area contributed by atoms with Gasteiger partial charge in [0.2, 0.25) is 0 Å². The summed E-state index contributed by atoms with van der Waals surface area (Å²) in [4.78, 5) is 0.473. The van der Waals surface area contributed by atoms with Crippen molar-refractivity contribution < 1.29 is 9.47 Å². The van der Waals surface area contributed by atoms with Crippen LogP contribution in [0.4, 0.5) is 0 Å². The Morgan fingerprint density at radius 1 is 0.767 bits per heavy atom. The van der Waals surface area contributed by atoms with Gasteiger partial charge >= 0.3 is 0 Å². The maximum absolute atomic E-state index is 5.83. The molecule has 0 aromatic heterocycles. The van der Waals surface area contributed by atoms with Crippen LogP contribution in [0.25, 0.3) is 22.3 Å². The fourth-order valence-corrected chi connectivity index (χ4v) is 3.74. The summed E-state index contributed by atoms with van der Waals surface area (Å²) in [5.41, 5.74) is 4.73. The summed E-state index contributed by atoms with van der Waals surface area (Å²) >= 11 is 7.18. The second kappa shape index (κ2) is 11.6. The minimum Gasteiger partial charge on any atom is -0.494 e. The highest BCUT2D eigenvalue weighted by Gasteiger charge is 2.06. The molecule has 3 aromatic carbocycles. The molecule has 0 radical (unpaired) electrons. The molecule has 0 amide bonds. The number of hydrogen-bond donors (Lipinski definition) is 0. The fourth-order valence-electron chi connectivity index (χ4n) is 3.06. The highest BCUT2D eigenvalue weighted by atomic mass is 79.9. The summed E-state index contributed by atoms with van der Waals surface area (Å²) in [6.07, 6.45) is 3.19. The number of unbranched alkanes of at least 4 members (excludes halogenated alkanes) is 1. The van der Waals surface area contributed by atoms with Gasteiger partial charge in [-0.3, -0.25) is 0 Å². The minimum absolute atomic E-state index is 0.473. The highest BCUT2D eigenvalue weighted by molar-refractivity contribution is 9.10. The molecule has 1 atom stereocenters. The zero-order valence-corrected chi connectivity index (χ0v) is 20.7. The van der Waals surface area contributed by atoms with Crippen molar-refractivity contribution in [2.24, 2.45) is 0 Å². The summed E-state index contributed by atoms with van der Waals surface area (Å²) in [6, 6.07) is 23.2. The van der Waals surface area contributed by atoms with E-state index in [9.17, 15) is 0 Å². The summed E-state index contributed by atoms with van der Waals surface area (Å²) in [6.45, 7) is 5.77. The molecule has 3 aromatic rings. The first-order valence-electron chi connectivity index (χ1n) is 10.5. The molecule has 0 N–H and O–H groups in total. The van der Waals surface area contributed by atoms with Gasteiger partial charge < -0.3 is 9.47 Å². The lowest BCUT2D eigenvalue weighted by atomic mass is 10.0. The second-order valence-corrected chi connectivity index (χ2v) is 9.78. The lowest BCUT2D eigenvalue weighted by Gasteiger charge is -2.11. The average molecular weight is 532 g/mol. The van der Waals surface area contributed by atoms with Gasteiger partial charge in [-0.1, -0.05) is 78.7 Å². The van der Waals surface area contributed by atoms with Gasteiger partial charge in [0.1, 0.15) is 11.5 Å². The standard InChI is InChI=1S/C26H28Br2O2/c1-3-4-16-30-26-14-11-23(18-25(26)28)22-7-5-20(6-8-22)21-9-12-24(13-10-21)29-17-15-19(2)27/h5-14,18-19H,3-4,15-17H2,1-2H3. The molecule has 0 saturated carbocycles. The van der Waals surface area contributed by atoms with E-state index in [1.165, 1.54) is 22.3 Å². The van der Waals surface area contributed by atoms with Crippen molar-refractivity contribution in [3.8, 4) is 33.8 Å². The smallest absolute Gasteiger partial charge is 0.133 e. The first kappa shape index (κ1) is 22.9. The van der Waals surface area contributed by atoms with Gasteiger partial charge in [0.15, 0.2) is 0 Å². The van der Waals surface area contributed by atoms with Crippen LogP contribution in [0.15, 0.2) is 71.2 Å². The van der Waals surface area contributed by atoms with Crippen LogP contribution < -0.4 is 9.47 Å². The molecule has 0 spiro atoms. The third-order valence-electron chi connectivity index (χ3n) is 4.88. The Labute approximate surface area is 196 Å². The normalized spacial score (nSPS) is 11.9. The third kappa shape index (κ3) is 6.61. The molecular formula is C26H28Br2O2. The fraction of sp³-hybridized carbons (Fsp3) is 0.308. The molecule has 0 bridgehead atoms. The first-order valence-corrected chi connectivity index (χ1v) is 12.2. The van der Waals surface area contributed by atoms with Crippen LogP contribution in [0.1, 0.15) is 33.1 Å². The first-order chi connectivity index (χ1) is 14.6. The van der Waals surface area contributed by atoms with Crippen LogP contribution in [-0.4, -0.2) is 18.0 Å². The average Bonchev–Trinajstić information content (AvgIpc) is 2.75. The van der Waals surface area contributed by atoms with Gasteiger partial charge in [-0.25, -0.2) is 0 Å². The number of ether oxygens (including phenoxy) is 2. The van der Waals surface area contributed by atoms with E-state index >= 15 is 0 Å². The molecule has 0 aliphatic heterocycles. The number of halogens is 2. The Bertz CT molecular complexity index is 919. The van der Waals surface area contributed by atoms with Crippen molar-refractivity contribution in [2.45, 2.75) is 37.9 Å². The van der Waals surface area contributed by atoms with Gasteiger partial charge in [-0.05, 0) is 75.3 Å². The Hall–Kier alpha value is -1.78. The minimum atomic E-state index is 0.473. The molecule has 30 heavy (non-hydrogen) atoms. The van der Waals surface area contributed by atoms with E-state index in [4.69, 9.17) is 9.47 Å². The van der Waals surface area contributed by atoms with Crippen molar-refractivity contribution in [3.05, 3.63) is 71.2 Å². The van der Waals surface area contributed by atoms with E-state index in [0.717, 1.165) is 48.4 Å². The Balaban J connectivity index is 1.65. The van der Waals surface area contributed by atoms with Crippen molar-refractivity contribution in [1.29, 1.82) is 0 Å². The molecule has 0 saturated heterocycles. The van der Waals surface area contributed by atoms with Crippen LogP contribution in [0.3, 0.4) is 0 Å². The molecule has 2 nitrogen and oxygen atoms in total. The zero-order chi connectivity index (χ0) is 21.3. The summed E-state index contributed by atoms with van der Waals surface area (Å²) in [5, 5.41) is 0. The Morgan fingerprint density at radius 3 is 1.90 bits per heavy atom. The predicted octanol–water partition coefficient (Wildman–Crippen LogP) is 8.51. The van der Waals surface area contributed by atoms with E-state index in [2.05, 4.69) is 94.2 Å². The zero-order valence-electron chi connectivity index (χ0n) is 17.5. The number of hydrogen-bond acceptors (Lipinski definition) is 2. The largest absolute Gasteiger partial charge is 0.494 e. The molecule has 158 valence electrons.